The zero-order chi connectivity index (χ0) is 17.6. The minimum absolute atomic E-state index is 0.135. The number of carbonyl (C=O) groups excluding carboxylic acids is 2. The number of aromatic nitrogens is 1. The summed E-state index contributed by atoms with van der Waals surface area (Å²) in [6, 6.07) is 8.79. The molecule has 0 bridgehead atoms. The van der Waals surface area contributed by atoms with Gasteiger partial charge in [-0.2, -0.15) is 0 Å². The highest BCUT2D eigenvalue weighted by Gasteiger charge is 2.25. The number of benzene rings is 1. The summed E-state index contributed by atoms with van der Waals surface area (Å²) >= 11 is 0. The Balaban J connectivity index is 1.62. The zero-order valence-electron chi connectivity index (χ0n) is 13.9. The van der Waals surface area contributed by atoms with Gasteiger partial charge in [0.05, 0.1) is 6.04 Å². The second-order valence-corrected chi connectivity index (χ2v) is 6.18. The molecular formula is C18H22N4O3. The molecule has 0 saturated carbocycles. The lowest BCUT2D eigenvalue weighted by atomic mass is 10.1. The van der Waals surface area contributed by atoms with Gasteiger partial charge in [0.1, 0.15) is 12.3 Å². The summed E-state index contributed by atoms with van der Waals surface area (Å²) in [6.45, 7) is 0.646. The molecule has 7 heteroatoms. The van der Waals surface area contributed by atoms with Gasteiger partial charge in [0.2, 0.25) is 11.8 Å². The molecule has 0 radical (unpaired) electrons. The molecule has 7 nitrogen and oxygen atoms in total. The number of nitrogens with one attached hydrogen (secondary N) is 2. The van der Waals surface area contributed by atoms with E-state index >= 15 is 0 Å². The molecule has 1 aromatic carbocycles. The van der Waals surface area contributed by atoms with E-state index < -0.39 is 18.0 Å². The average molecular weight is 342 g/mol. The van der Waals surface area contributed by atoms with E-state index in [0.717, 1.165) is 18.4 Å². The van der Waals surface area contributed by atoms with E-state index in [0.29, 0.717) is 25.3 Å². The molecule has 132 valence electrons. The van der Waals surface area contributed by atoms with E-state index in [1.54, 1.807) is 0 Å². The number of rotatable bonds is 5. The van der Waals surface area contributed by atoms with Gasteiger partial charge in [-0.25, -0.2) is 4.98 Å². The quantitative estimate of drug-likeness (QED) is 0.759. The Bertz CT molecular complexity index is 729. The molecule has 2 unspecified atom stereocenters. The fourth-order valence-electron chi connectivity index (χ4n) is 2.83. The molecule has 1 saturated heterocycles. The van der Waals surface area contributed by atoms with Crippen LogP contribution in [0.25, 0.3) is 0 Å². The molecule has 2 amide bonds. The highest BCUT2D eigenvalue weighted by Crippen LogP contribution is 2.16. The molecule has 1 aliphatic heterocycles. The third-order valence-corrected chi connectivity index (χ3v) is 4.21. The van der Waals surface area contributed by atoms with Gasteiger partial charge in [0.25, 0.3) is 5.91 Å². The molecule has 1 aromatic heterocycles. The summed E-state index contributed by atoms with van der Waals surface area (Å²) < 4.78 is 5.36. The second kappa shape index (κ2) is 7.94. The van der Waals surface area contributed by atoms with E-state index in [4.69, 9.17) is 10.2 Å². The number of hydrogen-bond acceptors (Lipinski definition) is 5. The van der Waals surface area contributed by atoms with Crippen molar-refractivity contribution in [3.05, 3.63) is 53.7 Å². The Morgan fingerprint density at radius 3 is 2.96 bits per heavy atom. The zero-order valence-corrected chi connectivity index (χ0v) is 13.9. The van der Waals surface area contributed by atoms with Gasteiger partial charge in [-0.3, -0.25) is 9.59 Å². The van der Waals surface area contributed by atoms with Gasteiger partial charge < -0.3 is 20.8 Å². The first kappa shape index (κ1) is 17.2. The van der Waals surface area contributed by atoms with Crippen LogP contribution in [0.3, 0.4) is 0 Å². The minimum atomic E-state index is -0.534. The Kier molecular flexibility index (Phi) is 5.45. The largest absolute Gasteiger partial charge is 0.446 e. The molecule has 1 aliphatic rings. The van der Waals surface area contributed by atoms with Crippen LogP contribution in [-0.2, 0) is 11.2 Å². The van der Waals surface area contributed by atoms with Crippen molar-refractivity contribution < 1.29 is 14.0 Å². The van der Waals surface area contributed by atoms with Crippen molar-refractivity contribution >= 4 is 11.8 Å². The summed E-state index contributed by atoms with van der Waals surface area (Å²) in [5.74, 6) is -0.279. The van der Waals surface area contributed by atoms with Gasteiger partial charge in [0, 0.05) is 6.54 Å². The third kappa shape index (κ3) is 4.45. The van der Waals surface area contributed by atoms with Crippen molar-refractivity contribution in [2.45, 2.75) is 37.8 Å². The van der Waals surface area contributed by atoms with E-state index in [1.807, 2.05) is 30.3 Å². The van der Waals surface area contributed by atoms with Gasteiger partial charge in [-0.1, -0.05) is 30.3 Å². The number of nitrogens with zero attached hydrogens (tertiary/aromatic N) is 1. The van der Waals surface area contributed by atoms with Gasteiger partial charge in [-0.05, 0) is 31.2 Å². The van der Waals surface area contributed by atoms with Crippen molar-refractivity contribution in [1.82, 2.24) is 15.6 Å². The van der Waals surface area contributed by atoms with Crippen LogP contribution in [0.5, 0.6) is 0 Å². The molecule has 2 heterocycles. The number of nitrogens with two attached hydrogens (primary N) is 1. The van der Waals surface area contributed by atoms with E-state index in [1.165, 1.54) is 6.26 Å². The smallest absolute Gasteiger partial charge is 0.273 e. The maximum Gasteiger partial charge on any atom is 0.273 e. The molecule has 0 aliphatic carbocycles. The van der Waals surface area contributed by atoms with Crippen molar-refractivity contribution in [2.24, 2.45) is 5.73 Å². The lowest BCUT2D eigenvalue weighted by Gasteiger charge is -2.13. The van der Waals surface area contributed by atoms with Crippen LogP contribution in [0.2, 0.25) is 0 Å². The first-order valence-corrected chi connectivity index (χ1v) is 8.47. The van der Waals surface area contributed by atoms with Crippen LogP contribution in [-0.4, -0.2) is 29.4 Å². The first-order valence-electron chi connectivity index (χ1n) is 8.47. The lowest BCUT2D eigenvalue weighted by molar-refractivity contribution is -0.122. The Hall–Kier alpha value is -2.67. The molecule has 4 N–H and O–H groups in total. The molecule has 2 atom stereocenters. The summed E-state index contributed by atoms with van der Waals surface area (Å²) in [7, 11) is 0. The maximum absolute atomic E-state index is 12.3. The number of hydrogen-bond donors (Lipinski definition) is 3. The fourth-order valence-corrected chi connectivity index (χ4v) is 2.83. The topological polar surface area (TPSA) is 110 Å². The maximum atomic E-state index is 12.3. The van der Waals surface area contributed by atoms with E-state index in [9.17, 15) is 9.59 Å². The highest BCUT2D eigenvalue weighted by atomic mass is 16.3. The highest BCUT2D eigenvalue weighted by molar-refractivity contribution is 5.95. The number of carbonyl (C=O) groups is 2. The summed E-state index contributed by atoms with van der Waals surface area (Å²) in [4.78, 5) is 28.4. The first-order chi connectivity index (χ1) is 12.1. The van der Waals surface area contributed by atoms with Crippen LogP contribution >= 0.6 is 0 Å². The molecule has 0 spiro atoms. The standard InChI is InChI=1S/C18H22N4O3/c19-13(10-12-6-2-1-3-7-12)18-22-15(11-25-18)17(24)21-14-8-4-5-9-20-16(14)23/h1-3,6-7,11,13-14H,4-5,8-10,19H2,(H,20,23)(H,21,24). The SMILES string of the molecule is NC(Cc1ccccc1)c1nc(C(=O)NC2CCCCNC2=O)co1. The molecular weight excluding hydrogens is 320 g/mol. The molecule has 1 fully saturated rings. The van der Waals surface area contributed by atoms with Crippen LogP contribution in [0.4, 0.5) is 0 Å². The van der Waals surface area contributed by atoms with Gasteiger partial charge >= 0.3 is 0 Å². The van der Waals surface area contributed by atoms with Crippen LogP contribution in [0.15, 0.2) is 41.0 Å². The minimum Gasteiger partial charge on any atom is -0.446 e. The Morgan fingerprint density at radius 2 is 2.16 bits per heavy atom. The summed E-state index contributed by atoms with van der Waals surface area (Å²) in [5, 5.41) is 5.50. The van der Waals surface area contributed by atoms with Crippen molar-refractivity contribution in [1.29, 1.82) is 0 Å². The van der Waals surface area contributed by atoms with Crippen LogP contribution < -0.4 is 16.4 Å². The third-order valence-electron chi connectivity index (χ3n) is 4.21. The predicted molar refractivity (Wildman–Crippen MR) is 91.7 cm³/mol. The van der Waals surface area contributed by atoms with Gasteiger partial charge in [0.15, 0.2) is 5.69 Å². The summed E-state index contributed by atoms with van der Waals surface area (Å²) in [5.41, 5.74) is 7.31. The van der Waals surface area contributed by atoms with Crippen molar-refractivity contribution in [3.63, 3.8) is 0 Å². The fraction of sp³-hybridized carbons (Fsp3) is 0.389. The molecule has 25 heavy (non-hydrogen) atoms. The molecule has 3 rings (SSSR count). The number of amides is 2. The lowest BCUT2D eigenvalue weighted by Crippen LogP contribution is -2.45. The Morgan fingerprint density at radius 1 is 1.36 bits per heavy atom. The van der Waals surface area contributed by atoms with Crippen molar-refractivity contribution in [2.75, 3.05) is 6.54 Å². The normalized spacial score (nSPS) is 18.9. The van der Waals surface area contributed by atoms with Crippen molar-refractivity contribution in [3.8, 4) is 0 Å². The summed E-state index contributed by atoms with van der Waals surface area (Å²) in [6.07, 6.45) is 4.27. The predicted octanol–water partition coefficient (Wildman–Crippen LogP) is 1.32. The monoisotopic (exact) mass is 342 g/mol. The molecule has 2 aromatic rings. The van der Waals surface area contributed by atoms with Gasteiger partial charge in [-0.15, -0.1) is 0 Å². The average Bonchev–Trinajstić information content (AvgIpc) is 3.03. The van der Waals surface area contributed by atoms with Crippen LogP contribution in [0, 0.1) is 0 Å². The number of oxazole rings is 1. The van der Waals surface area contributed by atoms with E-state index in [-0.39, 0.29) is 11.6 Å². The van der Waals surface area contributed by atoms with Crippen LogP contribution in [0.1, 0.15) is 47.2 Å². The second-order valence-electron chi connectivity index (χ2n) is 6.18. The Labute approximate surface area is 146 Å². The van der Waals surface area contributed by atoms with E-state index in [2.05, 4.69) is 15.6 Å².